The van der Waals surface area contributed by atoms with E-state index in [0.717, 1.165) is 30.5 Å². The first-order valence-electron chi connectivity index (χ1n) is 8.71. The Morgan fingerprint density at radius 2 is 1.14 bits per heavy atom. The van der Waals surface area contributed by atoms with Gasteiger partial charge >= 0.3 is 10.2 Å². The van der Waals surface area contributed by atoms with Crippen molar-refractivity contribution in [2.75, 3.05) is 0 Å². The molecule has 3 rings (SSSR count). The van der Waals surface area contributed by atoms with E-state index in [1.807, 2.05) is 19.1 Å². The molecule has 3 aromatic rings. The average Bonchev–Trinajstić information content (AvgIpc) is 2.60. The Labute approximate surface area is 163 Å². The maximum absolute atomic E-state index is 14.6. The summed E-state index contributed by atoms with van der Waals surface area (Å²) in [5.41, 5.74) is 1.07. The summed E-state index contributed by atoms with van der Waals surface area (Å²) in [5.74, 6) is -2.00. The fraction of sp³-hybridized carbons (Fsp3) is 0.143. The molecule has 0 nitrogen and oxygen atoms in total. The number of rotatable bonds is 5. The predicted octanol–water partition coefficient (Wildman–Crippen LogP) is 8.91. The molecule has 3 aromatic carbocycles. The van der Waals surface area contributed by atoms with Crippen LogP contribution in [-0.4, -0.2) is 0 Å². The molecule has 0 aromatic heterocycles. The molecular weight excluding hydrogens is 417 g/mol. The maximum atomic E-state index is 14.6. The molecule has 0 fully saturated rings. The van der Waals surface area contributed by atoms with Crippen molar-refractivity contribution in [3.63, 3.8) is 0 Å². The van der Waals surface area contributed by atoms with Crippen molar-refractivity contribution in [2.45, 2.75) is 24.7 Å². The molecule has 156 valence electrons. The Hall–Kier alpha value is -2.48. The lowest BCUT2D eigenvalue weighted by Crippen LogP contribution is -2.05. The molecule has 0 atom stereocenters. The zero-order valence-corrected chi connectivity index (χ0v) is 16.1. The molecule has 0 saturated carbocycles. The Morgan fingerprint density at radius 3 is 1.59 bits per heavy atom. The first kappa shape index (κ1) is 21.2. The largest absolute Gasteiger partial charge is 0.310 e. The van der Waals surface area contributed by atoms with Gasteiger partial charge in [0.1, 0.15) is 16.5 Å². The van der Waals surface area contributed by atoms with Crippen LogP contribution >= 0.6 is 10.2 Å². The van der Waals surface area contributed by atoms with Gasteiger partial charge in [-0.25, -0.2) is 8.78 Å². The summed E-state index contributed by atoms with van der Waals surface area (Å²) in [6.07, 6.45) is 1.83. The monoisotopic (exact) mass is 434 g/mol. The Morgan fingerprint density at radius 1 is 0.655 bits per heavy atom. The smallest absolute Gasteiger partial charge is 0.206 e. The van der Waals surface area contributed by atoms with Gasteiger partial charge in [-0.2, -0.15) is 0 Å². The summed E-state index contributed by atoms with van der Waals surface area (Å²) in [7, 11) is -9.85. The van der Waals surface area contributed by atoms with Crippen LogP contribution in [-0.2, 0) is 6.42 Å². The Kier molecular flexibility index (Phi) is 4.77. The highest BCUT2D eigenvalue weighted by atomic mass is 32.5. The summed E-state index contributed by atoms with van der Waals surface area (Å²) in [5, 5.41) is 0. The zero-order chi connectivity index (χ0) is 21.5. The zero-order valence-electron chi connectivity index (χ0n) is 15.2. The first-order chi connectivity index (χ1) is 13.3. The van der Waals surface area contributed by atoms with Gasteiger partial charge in [0.2, 0.25) is 0 Å². The Balaban J connectivity index is 1.98. The fourth-order valence-corrected chi connectivity index (χ4v) is 3.70. The highest BCUT2D eigenvalue weighted by Gasteiger charge is 2.65. The summed E-state index contributed by atoms with van der Waals surface area (Å²) < 4.78 is 93.2. The molecule has 0 radical (unpaired) electrons. The van der Waals surface area contributed by atoms with Crippen LogP contribution in [0, 0.1) is 11.6 Å². The standard InChI is InChI=1S/C21H17F7S/c1-2-3-14-4-6-15(7-5-14)17-12-19(22)21(20(23)13-17)16-8-10-18(11-9-16)29(24,25,26,27)28/h4-13H,2-3H2,1H3. The minimum Gasteiger partial charge on any atom is -0.206 e. The molecule has 0 spiro atoms. The highest BCUT2D eigenvalue weighted by Crippen LogP contribution is 3.02. The minimum atomic E-state index is -9.85. The number of hydrogen-bond donors (Lipinski definition) is 0. The molecule has 0 N–H and O–H groups in total. The fourth-order valence-electron chi connectivity index (χ4n) is 3.05. The molecule has 0 aliphatic rings. The third kappa shape index (κ3) is 4.75. The summed E-state index contributed by atoms with van der Waals surface area (Å²) in [4.78, 5) is -2.11. The molecular formula is C21H17F7S. The predicted molar refractivity (Wildman–Crippen MR) is 103 cm³/mol. The second kappa shape index (κ2) is 6.52. The van der Waals surface area contributed by atoms with E-state index in [4.69, 9.17) is 0 Å². The van der Waals surface area contributed by atoms with Gasteiger partial charge in [0.25, 0.3) is 0 Å². The van der Waals surface area contributed by atoms with Crippen molar-refractivity contribution < 1.29 is 28.2 Å². The second-order valence-corrected chi connectivity index (χ2v) is 9.16. The molecule has 0 bridgehead atoms. The molecule has 0 amide bonds. The number of aryl methyl sites for hydroxylation is 1. The van der Waals surface area contributed by atoms with Gasteiger partial charge in [-0.15, -0.1) is 0 Å². The van der Waals surface area contributed by atoms with Gasteiger partial charge in [0, 0.05) is 0 Å². The van der Waals surface area contributed by atoms with E-state index in [2.05, 4.69) is 0 Å². The summed E-state index contributed by atoms with van der Waals surface area (Å²) in [6.45, 7) is 2.03. The number of benzene rings is 3. The van der Waals surface area contributed by atoms with Crippen LogP contribution in [0.15, 0.2) is 65.6 Å². The van der Waals surface area contributed by atoms with E-state index in [-0.39, 0.29) is 23.3 Å². The second-order valence-electron chi connectivity index (χ2n) is 6.76. The quantitative estimate of drug-likeness (QED) is 0.352. The lowest BCUT2D eigenvalue weighted by Gasteiger charge is -2.40. The lowest BCUT2D eigenvalue weighted by atomic mass is 9.98. The summed E-state index contributed by atoms with van der Waals surface area (Å²) in [6, 6.07) is 10.8. The van der Waals surface area contributed by atoms with E-state index in [9.17, 15) is 28.2 Å². The average molecular weight is 434 g/mol. The van der Waals surface area contributed by atoms with E-state index in [0.29, 0.717) is 17.7 Å². The van der Waals surface area contributed by atoms with Gasteiger partial charge in [-0.3, -0.25) is 0 Å². The van der Waals surface area contributed by atoms with Crippen LogP contribution in [0.1, 0.15) is 18.9 Å². The topological polar surface area (TPSA) is 0 Å². The Bertz CT molecular complexity index is 1020. The van der Waals surface area contributed by atoms with Crippen LogP contribution in [0.4, 0.5) is 28.2 Å². The van der Waals surface area contributed by atoms with Crippen molar-refractivity contribution in [3.05, 3.63) is 77.9 Å². The van der Waals surface area contributed by atoms with Gasteiger partial charge in [-0.1, -0.05) is 69.2 Å². The third-order valence-corrected chi connectivity index (χ3v) is 5.62. The molecule has 0 aliphatic carbocycles. The summed E-state index contributed by atoms with van der Waals surface area (Å²) >= 11 is 0. The normalized spacial score (nSPS) is 14.3. The van der Waals surface area contributed by atoms with Crippen LogP contribution in [0.3, 0.4) is 0 Å². The molecule has 0 heterocycles. The van der Waals surface area contributed by atoms with Crippen molar-refractivity contribution in [1.82, 2.24) is 0 Å². The maximum Gasteiger partial charge on any atom is 0.310 e. The van der Waals surface area contributed by atoms with Gasteiger partial charge in [-0.05, 0) is 52.9 Å². The van der Waals surface area contributed by atoms with Crippen molar-refractivity contribution in [3.8, 4) is 22.3 Å². The van der Waals surface area contributed by atoms with Gasteiger partial charge in [0.15, 0.2) is 0 Å². The van der Waals surface area contributed by atoms with E-state index in [1.54, 1.807) is 12.1 Å². The van der Waals surface area contributed by atoms with Crippen LogP contribution in [0.25, 0.3) is 22.3 Å². The van der Waals surface area contributed by atoms with E-state index < -0.39 is 32.3 Å². The van der Waals surface area contributed by atoms with Gasteiger partial charge in [0.05, 0.1) is 5.56 Å². The van der Waals surface area contributed by atoms with E-state index in [1.165, 1.54) is 0 Å². The van der Waals surface area contributed by atoms with Crippen molar-refractivity contribution in [1.29, 1.82) is 0 Å². The molecule has 0 saturated heterocycles. The number of hydrogen-bond acceptors (Lipinski definition) is 0. The van der Waals surface area contributed by atoms with Crippen LogP contribution in [0.2, 0.25) is 0 Å². The van der Waals surface area contributed by atoms with Crippen molar-refractivity contribution >= 4 is 10.2 Å². The SMILES string of the molecule is CCCc1ccc(-c2cc(F)c(-c3ccc(S(F)(F)(F)(F)F)cc3)c(F)c2)cc1. The molecule has 8 heteroatoms. The molecule has 0 aliphatic heterocycles. The van der Waals surface area contributed by atoms with E-state index >= 15 is 0 Å². The number of halogens is 7. The van der Waals surface area contributed by atoms with Gasteiger partial charge < -0.3 is 0 Å². The molecule has 0 unspecified atom stereocenters. The van der Waals surface area contributed by atoms with Crippen LogP contribution < -0.4 is 0 Å². The first-order valence-corrected chi connectivity index (χ1v) is 10.7. The lowest BCUT2D eigenvalue weighted by molar-refractivity contribution is 0.364. The minimum absolute atomic E-state index is 0.135. The van der Waals surface area contributed by atoms with Crippen LogP contribution in [0.5, 0.6) is 0 Å². The third-order valence-electron chi connectivity index (χ3n) is 4.46. The molecule has 29 heavy (non-hydrogen) atoms. The van der Waals surface area contributed by atoms with Crippen molar-refractivity contribution in [2.24, 2.45) is 0 Å². The highest BCUT2D eigenvalue weighted by molar-refractivity contribution is 8.45.